The standard InChI is InChI=1S/C29H13Cl4F7N2O4S/c30-16-13(14(28(45)46)17(31)19(33)18(16)32)26(43)41-11-6-8-12(9-7-11)47-25(10-4-2-1-3-5-10)27(44)42-24-22(36)20(34)15(29(38,39)40)21(35)23(24)37/h1-9,25H,(H,41,43)(H,42,44)(H,45,46). The van der Waals surface area contributed by atoms with Crippen LogP contribution >= 0.6 is 58.2 Å². The zero-order valence-corrected chi connectivity index (χ0v) is 26.4. The van der Waals surface area contributed by atoms with Crippen molar-refractivity contribution in [1.29, 1.82) is 0 Å². The summed E-state index contributed by atoms with van der Waals surface area (Å²) >= 11 is 24.7. The molecule has 3 N–H and O–H groups in total. The van der Waals surface area contributed by atoms with E-state index in [2.05, 4.69) is 5.32 Å². The Balaban J connectivity index is 1.62. The number of aromatic carboxylic acids is 1. The normalized spacial score (nSPS) is 12.1. The highest BCUT2D eigenvalue weighted by Crippen LogP contribution is 2.43. The van der Waals surface area contributed by atoms with Crippen LogP contribution in [0.25, 0.3) is 0 Å². The number of carbonyl (C=O) groups is 3. The van der Waals surface area contributed by atoms with Crippen molar-refractivity contribution in [3.63, 3.8) is 0 Å². The van der Waals surface area contributed by atoms with E-state index in [0.717, 1.165) is 11.8 Å². The molecule has 0 aliphatic carbocycles. The molecule has 0 aliphatic rings. The summed E-state index contributed by atoms with van der Waals surface area (Å²) in [6, 6.07) is 12.8. The number of hydrogen-bond donors (Lipinski definition) is 3. The summed E-state index contributed by atoms with van der Waals surface area (Å²) in [5.74, 6) is -14.3. The summed E-state index contributed by atoms with van der Waals surface area (Å²) in [4.78, 5) is 38.3. The van der Waals surface area contributed by atoms with E-state index in [1.54, 1.807) is 11.4 Å². The van der Waals surface area contributed by atoms with Crippen LogP contribution in [0.3, 0.4) is 0 Å². The highest BCUT2D eigenvalue weighted by Gasteiger charge is 2.43. The molecule has 18 heteroatoms. The zero-order chi connectivity index (χ0) is 35.0. The predicted molar refractivity (Wildman–Crippen MR) is 163 cm³/mol. The lowest BCUT2D eigenvalue weighted by Gasteiger charge is -2.19. The first-order valence-electron chi connectivity index (χ1n) is 12.4. The second kappa shape index (κ2) is 14.2. The molecule has 0 heterocycles. The highest BCUT2D eigenvalue weighted by atomic mass is 35.5. The summed E-state index contributed by atoms with van der Waals surface area (Å²) < 4.78 is 96.3. The van der Waals surface area contributed by atoms with Crippen molar-refractivity contribution in [3.8, 4) is 0 Å². The second-order valence-electron chi connectivity index (χ2n) is 9.19. The molecule has 0 saturated heterocycles. The van der Waals surface area contributed by atoms with Gasteiger partial charge in [0.15, 0.2) is 23.3 Å². The van der Waals surface area contributed by atoms with Crippen LogP contribution in [0.15, 0.2) is 59.5 Å². The fraction of sp³-hybridized carbons (Fsp3) is 0.0690. The number of halogens is 11. The van der Waals surface area contributed by atoms with Gasteiger partial charge in [-0.15, -0.1) is 11.8 Å². The Kier molecular flexibility index (Phi) is 10.9. The number of anilines is 2. The van der Waals surface area contributed by atoms with E-state index in [1.807, 2.05) is 0 Å². The van der Waals surface area contributed by atoms with Crippen molar-refractivity contribution in [2.45, 2.75) is 16.3 Å². The molecule has 246 valence electrons. The molecule has 0 aromatic heterocycles. The Morgan fingerprint density at radius 1 is 0.702 bits per heavy atom. The number of hydrogen-bond acceptors (Lipinski definition) is 4. The average molecular weight is 760 g/mol. The third kappa shape index (κ3) is 7.41. The fourth-order valence-electron chi connectivity index (χ4n) is 4.07. The lowest BCUT2D eigenvalue weighted by molar-refractivity contribution is -0.143. The zero-order valence-electron chi connectivity index (χ0n) is 22.5. The molecule has 4 rings (SSSR count). The fourth-order valence-corrected chi connectivity index (χ4v) is 6.12. The van der Waals surface area contributed by atoms with E-state index in [4.69, 9.17) is 46.4 Å². The van der Waals surface area contributed by atoms with Crippen molar-refractivity contribution in [3.05, 3.63) is 120 Å². The van der Waals surface area contributed by atoms with Crippen LogP contribution in [0, 0.1) is 23.3 Å². The van der Waals surface area contributed by atoms with Crippen molar-refractivity contribution in [2.24, 2.45) is 0 Å². The van der Waals surface area contributed by atoms with E-state index in [0.29, 0.717) is 0 Å². The van der Waals surface area contributed by atoms with E-state index in [1.165, 1.54) is 48.5 Å². The maximum Gasteiger partial charge on any atom is 0.422 e. The third-order valence-corrected chi connectivity index (χ3v) is 9.28. The van der Waals surface area contributed by atoms with Gasteiger partial charge in [0.1, 0.15) is 16.5 Å². The predicted octanol–water partition coefficient (Wildman–Crippen LogP) is 10.3. The van der Waals surface area contributed by atoms with Crippen LogP contribution in [-0.4, -0.2) is 22.9 Å². The van der Waals surface area contributed by atoms with Gasteiger partial charge in [-0.25, -0.2) is 22.4 Å². The van der Waals surface area contributed by atoms with E-state index >= 15 is 0 Å². The van der Waals surface area contributed by atoms with Crippen molar-refractivity contribution in [2.75, 3.05) is 10.6 Å². The summed E-state index contributed by atoms with van der Waals surface area (Å²) in [6.45, 7) is 0. The average Bonchev–Trinajstić information content (AvgIpc) is 3.01. The molecule has 1 unspecified atom stereocenters. The van der Waals surface area contributed by atoms with Crippen LogP contribution < -0.4 is 10.6 Å². The van der Waals surface area contributed by atoms with Gasteiger partial charge >= 0.3 is 12.1 Å². The minimum Gasteiger partial charge on any atom is -0.478 e. The molecule has 0 spiro atoms. The van der Waals surface area contributed by atoms with Gasteiger partial charge in [0.05, 0.1) is 31.2 Å². The molecule has 6 nitrogen and oxygen atoms in total. The van der Waals surface area contributed by atoms with Crippen LogP contribution in [0.1, 0.15) is 37.1 Å². The quantitative estimate of drug-likeness (QED) is 0.0720. The van der Waals surface area contributed by atoms with Gasteiger partial charge in [0.25, 0.3) is 5.91 Å². The van der Waals surface area contributed by atoms with Gasteiger partial charge in [-0.05, 0) is 29.8 Å². The first kappa shape index (κ1) is 36.2. The number of carboxylic acids is 1. The Labute approximate surface area is 283 Å². The van der Waals surface area contributed by atoms with Crippen LogP contribution in [0.4, 0.5) is 42.1 Å². The topological polar surface area (TPSA) is 95.5 Å². The van der Waals surface area contributed by atoms with Gasteiger partial charge in [-0.3, -0.25) is 9.59 Å². The maximum atomic E-state index is 14.5. The van der Waals surface area contributed by atoms with E-state index in [9.17, 15) is 50.2 Å². The molecular weight excluding hydrogens is 747 g/mol. The number of benzene rings is 4. The number of thioether (sulfide) groups is 1. The number of rotatable bonds is 8. The largest absolute Gasteiger partial charge is 0.478 e. The molecule has 2 amide bonds. The highest BCUT2D eigenvalue weighted by molar-refractivity contribution is 8.00. The monoisotopic (exact) mass is 758 g/mol. The molecule has 0 saturated carbocycles. The van der Waals surface area contributed by atoms with Gasteiger partial charge in [0.2, 0.25) is 5.91 Å². The van der Waals surface area contributed by atoms with Gasteiger partial charge < -0.3 is 15.7 Å². The number of alkyl halides is 3. The summed E-state index contributed by atoms with van der Waals surface area (Å²) in [6.07, 6.45) is -5.77. The third-order valence-electron chi connectivity index (χ3n) is 6.21. The molecule has 4 aromatic carbocycles. The van der Waals surface area contributed by atoms with Crippen LogP contribution in [0.5, 0.6) is 0 Å². The minimum atomic E-state index is -5.77. The van der Waals surface area contributed by atoms with Gasteiger partial charge in [0, 0.05) is 10.6 Å². The summed E-state index contributed by atoms with van der Waals surface area (Å²) in [5, 5.41) is 10.5. The number of carboxylic acid groups (broad SMARTS) is 1. The van der Waals surface area contributed by atoms with Gasteiger partial charge in [-0.1, -0.05) is 76.7 Å². The lowest BCUT2D eigenvalue weighted by Crippen LogP contribution is -2.23. The molecule has 47 heavy (non-hydrogen) atoms. The van der Waals surface area contributed by atoms with Crippen LogP contribution in [-0.2, 0) is 11.0 Å². The molecule has 0 aliphatic heterocycles. The molecule has 1 atom stereocenters. The smallest absolute Gasteiger partial charge is 0.422 e. The summed E-state index contributed by atoms with van der Waals surface area (Å²) in [7, 11) is 0. The Morgan fingerprint density at radius 2 is 1.21 bits per heavy atom. The first-order valence-corrected chi connectivity index (χ1v) is 14.8. The molecule has 0 fully saturated rings. The van der Waals surface area contributed by atoms with Crippen molar-refractivity contribution in [1.82, 2.24) is 0 Å². The Morgan fingerprint density at radius 3 is 1.70 bits per heavy atom. The van der Waals surface area contributed by atoms with Gasteiger partial charge in [-0.2, -0.15) is 13.2 Å². The SMILES string of the molecule is O=C(O)c1c(Cl)c(Cl)c(Cl)c(Cl)c1C(=O)Nc1ccc(SC(C(=O)Nc2c(F)c(F)c(C(F)(F)F)c(F)c2F)c2ccccc2)cc1. The van der Waals surface area contributed by atoms with Crippen molar-refractivity contribution < 1.29 is 50.2 Å². The van der Waals surface area contributed by atoms with E-state index < -0.39 is 84.9 Å². The second-order valence-corrected chi connectivity index (χ2v) is 11.9. The minimum absolute atomic E-state index is 0.0782. The maximum absolute atomic E-state index is 14.5. The number of nitrogens with one attached hydrogen (secondary N) is 2. The molecule has 0 bridgehead atoms. The van der Waals surface area contributed by atoms with Crippen LogP contribution in [0.2, 0.25) is 20.1 Å². The molecule has 4 aromatic rings. The molecular formula is C29H13Cl4F7N2O4S. The lowest BCUT2D eigenvalue weighted by atomic mass is 10.1. The summed E-state index contributed by atoms with van der Waals surface area (Å²) in [5.41, 5.74) is -5.57. The first-order chi connectivity index (χ1) is 21.9. The number of amides is 2. The Hall–Kier alpha value is -3.69. The van der Waals surface area contributed by atoms with Crippen molar-refractivity contribution >= 4 is 87.3 Å². The Bertz CT molecular complexity index is 1890. The molecule has 0 radical (unpaired) electrons. The van der Waals surface area contributed by atoms with E-state index in [-0.39, 0.29) is 26.2 Å². The number of carbonyl (C=O) groups excluding carboxylic acids is 2.